The molecule has 1 amide bonds. The van der Waals surface area contributed by atoms with Crippen LogP contribution < -0.4 is 10.1 Å². The second kappa shape index (κ2) is 7.68. The SMILES string of the molecule is CC(=O)c1cc(C(=O)Nc2cc(Cl)ccc2Oc2ccc(C)cc2)n(C)c1. The molecule has 0 aliphatic carbocycles. The quantitative estimate of drug-likeness (QED) is 0.614. The smallest absolute Gasteiger partial charge is 0.272 e. The molecule has 0 bridgehead atoms. The number of amides is 1. The molecule has 27 heavy (non-hydrogen) atoms. The largest absolute Gasteiger partial charge is 0.455 e. The van der Waals surface area contributed by atoms with Crippen LogP contribution in [-0.4, -0.2) is 16.3 Å². The number of halogens is 1. The van der Waals surface area contributed by atoms with Crippen LogP contribution in [-0.2, 0) is 7.05 Å². The highest BCUT2D eigenvalue weighted by Gasteiger charge is 2.16. The molecule has 0 saturated carbocycles. The van der Waals surface area contributed by atoms with Gasteiger partial charge in [-0.1, -0.05) is 29.3 Å². The molecule has 6 heteroatoms. The number of anilines is 1. The fraction of sp³-hybridized carbons (Fsp3) is 0.143. The lowest BCUT2D eigenvalue weighted by molar-refractivity contribution is 0.101. The van der Waals surface area contributed by atoms with E-state index in [2.05, 4.69) is 5.32 Å². The molecule has 2 aromatic carbocycles. The minimum Gasteiger partial charge on any atom is -0.455 e. The van der Waals surface area contributed by atoms with Crippen LogP contribution in [0.4, 0.5) is 5.69 Å². The van der Waals surface area contributed by atoms with Crippen LogP contribution in [0.25, 0.3) is 0 Å². The number of hydrogen-bond donors (Lipinski definition) is 1. The molecule has 3 rings (SSSR count). The highest BCUT2D eigenvalue weighted by atomic mass is 35.5. The number of ether oxygens (including phenoxy) is 1. The van der Waals surface area contributed by atoms with Crippen LogP contribution in [0.5, 0.6) is 11.5 Å². The Balaban J connectivity index is 1.87. The lowest BCUT2D eigenvalue weighted by Gasteiger charge is -2.13. The average Bonchev–Trinajstić information content (AvgIpc) is 3.01. The molecule has 5 nitrogen and oxygen atoms in total. The van der Waals surface area contributed by atoms with Gasteiger partial charge < -0.3 is 14.6 Å². The summed E-state index contributed by atoms with van der Waals surface area (Å²) in [6.45, 7) is 3.45. The number of nitrogens with one attached hydrogen (secondary N) is 1. The zero-order valence-electron chi connectivity index (χ0n) is 15.2. The minimum absolute atomic E-state index is 0.101. The molecule has 0 aliphatic heterocycles. The van der Waals surface area contributed by atoms with Crippen molar-refractivity contribution < 1.29 is 14.3 Å². The fourth-order valence-corrected chi connectivity index (χ4v) is 2.76. The molecular formula is C21H19ClN2O3. The van der Waals surface area contributed by atoms with Gasteiger partial charge in [-0.25, -0.2) is 0 Å². The van der Waals surface area contributed by atoms with E-state index in [4.69, 9.17) is 16.3 Å². The van der Waals surface area contributed by atoms with E-state index in [1.807, 2.05) is 31.2 Å². The van der Waals surface area contributed by atoms with Gasteiger partial charge >= 0.3 is 0 Å². The van der Waals surface area contributed by atoms with Gasteiger partial charge in [0.15, 0.2) is 11.5 Å². The van der Waals surface area contributed by atoms with Crippen LogP contribution in [0.15, 0.2) is 54.7 Å². The molecule has 3 aromatic rings. The van der Waals surface area contributed by atoms with Crippen molar-refractivity contribution >= 4 is 29.0 Å². The van der Waals surface area contributed by atoms with Crippen molar-refractivity contribution in [2.24, 2.45) is 7.05 Å². The van der Waals surface area contributed by atoms with E-state index in [0.717, 1.165) is 5.56 Å². The van der Waals surface area contributed by atoms with Crippen LogP contribution in [0.3, 0.4) is 0 Å². The number of carbonyl (C=O) groups excluding carboxylic acids is 2. The number of aromatic nitrogens is 1. The van der Waals surface area contributed by atoms with Gasteiger partial charge in [0.25, 0.3) is 5.91 Å². The first-order valence-corrected chi connectivity index (χ1v) is 8.74. The van der Waals surface area contributed by atoms with E-state index in [9.17, 15) is 9.59 Å². The second-order valence-corrected chi connectivity index (χ2v) is 6.73. The van der Waals surface area contributed by atoms with Crippen molar-refractivity contribution in [3.63, 3.8) is 0 Å². The predicted octanol–water partition coefficient (Wildman–Crippen LogP) is 5.23. The molecule has 0 saturated heterocycles. The fourth-order valence-electron chi connectivity index (χ4n) is 2.59. The van der Waals surface area contributed by atoms with Crippen molar-refractivity contribution in [2.45, 2.75) is 13.8 Å². The van der Waals surface area contributed by atoms with Crippen molar-refractivity contribution in [1.29, 1.82) is 0 Å². The molecule has 138 valence electrons. The van der Waals surface area contributed by atoms with Gasteiger partial charge in [-0.3, -0.25) is 9.59 Å². The number of aryl methyl sites for hydroxylation is 2. The third-order valence-electron chi connectivity index (χ3n) is 4.08. The van der Waals surface area contributed by atoms with Gasteiger partial charge in [0.1, 0.15) is 11.4 Å². The van der Waals surface area contributed by atoms with E-state index in [1.165, 1.54) is 6.92 Å². The maximum absolute atomic E-state index is 12.7. The predicted molar refractivity (Wildman–Crippen MR) is 106 cm³/mol. The number of rotatable bonds is 5. The first-order chi connectivity index (χ1) is 12.8. The Morgan fingerprint density at radius 2 is 1.78 bits per heavy atom. The van der Waals surface area contributed by atoms with Crippen molar-refractivity contribution in [3.05, 3.63) is 76.6 Å². The molecule has 0 radical (unpaired) electrons. The summed E-state index contributed by atoms with van der Waals surface area (Å²) >= 11 is 6.09. The van der Waals surface area contributed by atoms with Crippen LogP contribution >= 0.6 is 11.6 Å². The first-order valence-electron chi connectivity index (χ1n) is 8.36. The zero-order chi connectivity index (χ0) is 19.6. The normalized spacial score (nSPS) is 10.5. The summed E-state index contributed by atoms with van der Waals surface area (Å²) in [5.74, 6) is 0.658. The summed E-state index contributed by atoms with van der Waals surface area (Å²) in [5, 5.41) is 3.28. The van der Waals surface area contributed by atoms with E-state index in [-0.39, 0.29) is 11.7 Å². The second-order valence-electron chi connectivity index (χ2n) is 6.29. The Labute approximate surface area is 162 Å². The molecule has 0 atom stereocenters. The molecule has 0 aliphatic rings. The maximum Gasteiger partial charge on any atom is 0.272 e. The van der Waals surface area contributed by atoms with Crippen molar-refractivity contribution in [1.82, 2.24) is 4.57 Å². The summed E-state index contributed by atoms with van der Waals surface area (Å²) in [7, 11) is 1.71. The first kappa shape index (κ1) is 18.7. The van der Waals surface area contributed by atoms with E-state index in [1.54, 1.807) is 42.1 Å². The van der Waals surface area contributed by atoms with E-state index in [0.29, 0.717) is 33.5 Å². The number of ketones is 1. The summed E-state index contributed by atoms with van der Waals surface area (Å²) in [6.07, 6.45) is 1.62. The van der Waals surface area contributed by atoms with Crippen molar-refractivity contribution in [2.75, 3.05) is 5.32 Å². The van der Waals surface area contributed by atoms with Gasteiger partial charge in [0.05, 0.1) is 5.69 Å². The highest BCUT2D eigenvalue weighted by molar-refractivity contribution is 6.31. The van der Waals surface area contributed by atoms with Gasteiger partial charge in [0.2, 0.25) is 0 Å². The van der Waals surface area contributed by atoms with Gasteiger partial charge in [-0.05, 0) is 50.2 Å². The number of nitrogens with zero attached hydrogens (tertiary/aromatic N) is 1. The molecule has 1 N–H and O–H groups in total. The van der Waals surface area contributed by atoms with Crippen LogP contribution in [0.1, 0.15) is 33.3 Å². The van der Waals surface area contributed by atoms with Gasteiger partial charge in [-0.2, -0.15) is 0 Å². The third-order valence-corrected chi connectivity index (χ3v) is 4.32. The number of carbonyl (C=O) groups is 2. The number of hydrogen-bond acceptors (Lipinski definition) is 3. The minimum atomic E-state index is -0.360. The van der Waals surface area contributed by atoms with Gasteiger partial charge in [0, 0.05) is 23.8 Å². The Bertz CT molecular complexity index is 1010. The Hall–Kier alpha value is -3.05. The summed E-state index contributed by atoms with van der Waals surface area (Å²) in [4.78, 5) is 24.2. The molecule has 0 unspecified atom stereocenters. The van der Waals surface area contributed by atoms with E-state index < -0.39 is 0 Å². The number of Topliss-reactive ketones (excluding diaryl/α,β-unsaturated/α-hetero) is 1. The lowest BCUT2D eigenvalue weighted by Crippen LogP contribution is -2.15. The zero-order valence-corrected chi connectivity index (χ0v) is 16.0. The standard InChI is InChI=1S/C21H19ClN2O3/c1-13-4-7-17(8-5-13)27-20-9-6-16(22)11-18(20)23-21(26)19-10-15(14(2)25)12-24(19)3/h4-12H,1-3H3,(H,23,26). The average molecular weight is 383 g/mol. The highest BCUT2D eigenvalue weighted by Crippen LogP contribution is 2.32. The molecular weight excluding hydrogens is 364 g/mol. The molecule has 0 fully saturated rings. The topological polar surface area (TPSA) is 60.3 Å². The Morgan fingerprint density at radius 3 is 2.41 bits per heavy atom. The monoisotopic (exact) mass is 382 g/mol. The Kier molecular flexibility index (Phi) is 5.33. The molecule has 1 aromatic heterocycles. The van der Waals surface area contributed by atoms with Crippen molar-refractivity contribution in [3.8, 4) is 11.5 Å². The summed E-state index contributed by atoms with van der Waals surface area (Å²) < 4.78 is 7.50. The number of benzene rings is 2. The molecule has 0 spiro atoms. The lowest BCUT2D eigenvalue weighted by atomic mass is 10.2. The van der Waals surface area contributed by atoms with Crippen LogP contribution in [0, 0.1) is 6.92 Å². The van der Waals surface area contributed by atoms with Gasteiger partial charge in [-0.15, -0.1) is 0 Å². The maximum atomic E-state index is 12.7. The summed E-state index contributed by atoms with van der Waals surface area (Å²) in [5.41, 5.74) is 2.40. The Morgan fingerprint density at radius 1 is 1.07 bits per heavy atom. The molecule has 1 heterocycles. The van der Waals surface area contributed by atoms with E-state index >= 15 is 0 Å². The third kappa shape index (κ3) is 4.38. The van der Waals surface area contributed by atoms with Crippen LogP contribution in [0.2, 0.25) is 5.02 Å². The summed E-state index contributed by atoms with van der Waals surface area (Å²) in [6, 6.07) is 14.2.